The van der Waals surface area contributed by atoms with Crippen molar-refractivity contribution in [1.29, 1.82) is 0 Å². The molecule has 0 unspecified atom stereocenters. The van der Waals surface area contributed by atoms with Gasteiger partial charge in [-0.25, -0.2) is 0 Å². The molecule has 4 heteroatoms. The maximum Gasteiger partial charge on any atom is 0.127 e. The summed E-state index contributed by atoms with van der Waals surface area (Å²) in [6, 6.07) is 17.6. The summed E-state index contributed by atoms with van der Waals surface area (Å²) < 4.78 is 6.16. The summed E-state index contributed by atoms with van der Waals surface area (Å²) in [5.74, 6) is 1.89. The summed E-state index contributed by atoms with van der Waals surface area (Å²) in [5, 5.41) is 24.0. The highest BCUT2D eigenvalue weighted by Gasteiger charge is 2.02. The summed E-state index contributed by atoms with van der Waals surface area (Å²) in [6.45, 7) is 3.88. The van der Waals surface area contributed by atoms with Crippen molar-refractivity contribution in [2.24, 2.45) is 0 Å². The third kappa shape index (κ3) is 33.9. The number of aryl methyl sites for hydroxylation is 2. The van der Waals surface area contributed by atoms with E-state index in [2.05, 4.69) is 62.4 Å². The van der Waals surface area contributed by atoms with E-state index in [-0.39, 0.29) is 13.2 Å². The lowest BCUT2D eigenvalue weighted by Crippen LogP contribution is -2.15. The van der Waals surface area contributed by atoms with Gasteiger partial charge in [-0.1, -0.05) is 231 Å². The maximum atomic E-state index is 8.17. The molecule has 0 fully saturated rings. The second kappa shape index (κ2) is 40.3. The van der Waals surface area contributed by atoms with Gasteiger partial charge in [-0.2, -0.15) is 0 Å². The monoisotopic (exact) mass is 767 g/mol. The van der Waals surface area contributed by atoms with Gasteiger partial charge in [0, 0.05) is 0 Å². The molecule has 0 heterocycles. The van der Waals surface area contributed by atoms with Crippen molar-refractivity contribution in [1.82, 2.24) is 0 Å². The lowest BCUT2D eigenvalue weighted by Gasteiger charge is -2.08. The zero-order chi connectivity index (χ0) is 39.7. The van der Waals surface area contributed by atoms with Crippen LogP contribution in [0, 0.1) is 0 Å². The number of hydrogen-bond acceptors (Lipinski definition) is 4. The number of hydrogen-bond donors (Lipinski definition) is 3. The average molecular weight is 767 g/mol. The highest BCUT2D eigenvalue weighted by Crippen LogP contribution is 2.24. The second-order valence-electron chi connectivity index (χ2n) is 16.5. The van der Waals surface area contributed by atoms with Gasteiger partial charge < -0.3 is 20.1 Å². The van der Waals surface area contributed by atoms with E-state index in [0.717, 1.165) is 11.5 Å². The third-order valence-corrected chi connectivity index (χ3v) is 11.1. The molecule has 0 saturated heterocycles. The van der Waals surface area contributed by atoms with Crippen molar-refractivity contribution in [3.05, 3.63) is 59.7 Å². The van der Waals surface area contributed by atoms with Crippen molar-refractivity contribution in [3.8, 4) is 11.5 Å². The SMILES string of the molecule is CCCCCCCCCCCCCCCCCCc1ccc(Oc2ccc(CCCCCCCCCCCCCCCCCC)cc2)cc1.OCC(O)CO. The molecule has 0 saturated carbocycles. The number of benzene rings is 2. The quantitative estimate of drug-likeness (QED) is 0.0595. The Hall–Kier alpha value is -1.88. The Morgan fingerprint density at radius 2 is 0.564 bits per heavy atom. The van der Waals surface area contributed by atoms with E-state index in [1.54, 1.807) is 0 Å². The van der Waals surface area contributed by atoms with Crippen LogP contribution in [0.5, 0.6) is 11.5 Å². The molecular formula is C51H90O4. The van der Waals surface area contributed by atoms with Crippen LogP contribution in [-0.2, 0) is 12.8 Å². The summed E-state index contributed by atoms with van der Waals surface area (Å²) in [5.41, 5.74) is 2.87. The minimum Gasteiger partial charge on any atom is -0.457 e. The average Bonchev–Trinajstić information content (AvgIpc) is 3.21. The molecule has 0 aliphatic carbocycles. The van der Waals surface area contributed by atoms with Crippen molar-refractivity contribution >= 4 is 0 Å². The van der Waals surface area contributed by atoms with E-state index >= 15 is 0 Å². The van der Waals surface area contributed by atoms with E-state index in [9.17, 15) is 0 Å². The van der Waals surface area contributed by atoms with Crippen molar-refractivity contribution in [2.75, 3.05) is 13.2 Å². The van der Waals surface area contributed by atoms with E-state index in [0.29, 0.717) is 0 Å². The lowest BCUT2D eigenvalue weighted by molar-refractivity contribution is 0.0450. The van der Waals surface area contributed by atoms with Crippen molar-refractivity contribution < 1.29 is 20.1 Å². The molecule has 0 spiro atoms. The van der Waals surface area contributed by atoms with Gasteiger partial charge in [0.1, 0.15) is 17.6 Å². The first kappa shape index (κ1) is 51.1. The van der Waals surface area contributed by atoms with Gasteiger partial charge in [0.2, 0.25) is 0 Å². The maximum absolute atomic E-state index is 8.17. The second-order valence-corrected chi connectivity index (χ2v) is 16.5. The molecule has 0 aromatic heterocycles. The number of aliphatic hydroxyl groups excluding tert-OH is 3. The van der Waals surface area contributed by atoms with Crippen molar-refractivity contribution in [2.45, 2.75) is 238 Å². The summed E-state index contributed by atoms with van der Waals surface area (Å²) in [4.78, 5) is 0. The van der Waals surface area contributed by atoms with Crippen LogP contribution in [0.2, 0.25) is 0 Å². The van der Waals surface area contributed by atoms with Crippen LogP contribution in [0.1, 0.15) is 230 Å². The van der Waals surface area contributed by atoms with Crippen LogP contribution < -0.4 is 4.74 Å². The van der Waals surface area contributed by atoms with Crippen LogP contribution in [0.15, 0.2) is 48.5 Å². The Bertz CT molecular complexity index is 939. The molecule has 318 valence electrons. The Morgan fingerprint density at radius 1 is 0.345 bits per heavy atom. The minimum atomic E-state index is -0.954. The minimum absolute atomic E-state index is 0.365. The molecule has 2 rings (SSSR count). The largest absolute Gasteiger partial charge is 0.457 e. The van der Waals surface area contributed by atoms with Gasteiger partial charge in [-0.15, -0.1) is 0 Å². The van der Waals surface area contributed by atoms with E-state index in [1.165, 1.54) is 229 Å². The Labute approximate surface area is 341 Å². The highest BCUT2D eigenvalue weighted by molar-refractivity contribution is 5.34. The molecule has 4 nitrogen and oxygen atoms in total. The van der Waals surface area contributed by atoms with E-state index < -0.39 is 6.10 Å². The number of rotatable bonds is 38. The van der Waals surface area contributed by atoms with E-state index in [1.807, 2.05) is 0 Å². The molecule has 0 aliphatic heterocycles. The Morgan fingerprint density at radius 3 is 0.764 bits per heavy atom. The fourth-order valence-corrected chi connectivity index (χ4v) is 7.40. The third-order valence-electron chi connectivity index (χ3n) is 11.1. The summed E-state index contributed by atoms with van der Waals surface area (Å²) in [6.07, 6.45) is 47.1. The van der Waals surface area contributed by atoms with Gasteiger partial charge in [0.25, 0.3) is 0 Å². The van der Waals surface area contributed by atoms with Gasteiger partial charge in [0.15, 0.2) is 0 Å². The topological polar surface area (TPSA) is 69.9 Å². The summed E-state index contributed by atoms with van der Waals surface area (Å²) >= 11 is 0. The van der Waals surface area contributed by atoms with Gasteiger partial charge >= 0.3 is 0 Å². The molecule has 0 aliphatic rings. The molecule has 2 aromatic rings. The molecular weight excluding hydrogens is 677 g/mol. The van der Waals surface area contributed by atoms with Crippen LogP contribution >= 0.6 is 0 Å². The van der Waals surface area contributed by atoms with Crippen molar-refractivity contribution in [3.63, 3.8) is 0 Å². The first-order valence-corrected chi connectivity index (χ1v) is 23.9. The zero-order valence-electron chi connectivity index (χ0n) is 36.4. The molecule has 55 heavy (non-hydrogen) atoms. The standard InChI is InChI=1S/C48H82O.C3H8O3/c1-3-5-7-9-11-13-15-17-19-21-23-25-27-29-31-33-35-45-37-41-47(42-38-45)49-48-43-39-46(40-44-48)36-34-32-30-28-26-24-22-20-18-16-14-12-10-8-6-4-2;4-1-3(6)2-5/h37-44H,3-36H2,1-2H3;3-6H,1-2H2. The van der Waals surface area contributed by atoms with Crippen LogP contribution in [0.4, 0.5) is 0 Å². The summed E-state index contributed by atoms with van der Waals surface area (Å²) in [7, 11) is 0. The molecule has 0 bridgehead atoms. The van der Waals surface area contributed by atoms with Crippen LogP contribution in [0.3, 0.4) is 0 Å². The molecule has 2 aromatic carbocycles. The van der Waals surface area contributed by atoms with Gasteiger partial charge in [0.05, 0.1) is 13.2 Å². The normalized spacial score (nSPS) is 11.2. The highest BCUT2D eigenvalue weighted by atomic mass is 16.5. The van der Waals surface area contributed by atoms with Gasteiger partial charge in [-0.3, -0.25) is 0 Å². The zero-order valence-corrected chi connectivity index (χ0v) is 36.4. The fourth-order valence-electron chi connectivity index (χ4n) is 7.40. The number of aliphatic hydroxyl groups is 3. The van der Waals surface area contributed by atoms with Crippen LogP contribution in [0.25, 0.3) is 0 Å². The predicted octanol–water partition coefficient (Wildman–Crippen LogP) is 15.4. The molecule has 0 atom stereocenters. The molecule has 0 radical (unpaired) electrons. The first-order chi connectivity index (χ1) is 27.1. The Balaban J connectivity index is 0.00000232. The van der Waals surface area contributed by atoms with E-state index in [4.69, 9.17) is 20.1 Å². The number of unbranched alkanes of at least 4 members (excludes halogenated alkanes) is 30. The Kier molecular flexibility index (Phi) is 37.5. The number of ether oxygens (including phenoxy) is 1. The smallest absolute Gasteiger partial charge is 0.127 e. The lowest BCUT2D eigenvalue weighted by atomic mass is 10.0. The molecule has 0 amide bonds. The first-order valence-electron chi connectivity index (χ1n) is 23.9. The molecule has 3 N–H and O–H groups in total. The van der Waals surface area contributed by atoms with Crippen LogP contribution in [-0.4, -0.2) is 34.6 Å². The fraction of sp³-hybridized carbons (Fsp3) is 0.765. The predicted molar refractivity (Wildman–Crippen MR) is 240 cm³/mol. The van der Waals surface area contributed by atoms with Gasteiger partial charge in [-0.05, 0) is 61.1 Å².